The van der Waals surface area contributed by atoms with Crippen LogP contribution < -0.4 is 5.73 Å². The van der Waals surface area contributed by atoms with Gasteiger partial charge in [-0.3, -0.25) is 4.79 Å². The zero-order valence-corrected chi connectivity index (χ0v) is 10.1. The number of carbonyl (C=O) groups is 2. The highest BCUT2D eigenvalue weighted by Crippen LogP contribution is 2.26. The van der Waals surface area contributed by atoms with E-state index >= 15 is 0 Å². The van der Waals surface area contributed by atoms with Gasteiger partial charge in [-0.2, -0.15) is 0 Å². The lowest BCUT2D eigenvalue weighted by atomic mass is 10.2. The number of anilines is 1. The lowest BCUT2D eigenvalue weighted by Crippen LogP contribution is -2.03. The standard InChI is InChI=1S/C11H13NO4S/c1-16-10(13)4-5-17-9-6-7(12)2-3-8(9)11(14)15/h2-3,6H,4-5,12H2,1H3,(H,14,15). The quantitative estimate of drug-likeness (QED) is 0.472. The molecule has 0 aliphatic heterocycles. The molecular formula is C11H13NO4S. The molecule has 0 amide bonds. The number of ether oxygens (including phenoxy) is 1. The lowest BCUT2D eigenvalue weighted by Gasteiger charge is -2.06. The van der Waals surface area contributed by atoms with Crippen molar-refractivity contribution < 1.29 is 19.4 Å². The number of benzene rings is 1. The fraction of sp³-hybridized carbons (Fsp3) is 0.273. The van der Waals surface area contributed by atoms with Crippen molar-refractivity contribution in [3.05, 3.63) is 23.8 Å². The molecule has 0 aliphatic carbocycles. The molecule has 0 bridgehead atoms. The molecule has 17 heavy (non-hydrogen) atoms. The number of hydrogen-bond donors (Lipinski definition) is 2. The van der Waals surface area contributed by atoms with Gasteiger partial charge >= 0.3 is 11.9 Å². The minimum Gasteiger partial charge on any atom is -0.478 e. The summed E-state index contributed by atoms with van der Waals surface area (Å²) < 4.78 is 4.50. The second kappa shape index (κ2) is 6.15. The summed E-state index contributed by atoms with van der Waals surface area (Å²) in [5.74, 6) is -0.875. The van der Waals surface area contributed by atoms with E-state index in [1.54, 1.807) is 6.07 Å². The van der Waals surface area contributed by atoms with Crippen molar-refractivity contribution in [1.82, 2.24) is 0 Å². The molecule has 0 saturated carbocycles. The number of nitrogen functional groups attached to an aromatic ring is 1. The van der Waals surface area contributed by atoms with E-state index in [1.807, 2.05) is 0 Å². The van der Waals surface area contributed by atoms with Crippen LogP contribution in [-0.2, 0) is 9.53 Å². The normalized spacial score (nSPS) is 9.94. The van der Waals surface area contributed by atoms with Gasteiger partial charge in [-0.05, 0) is 18.2 Å². The van der Waals surface area contributed by atoms with Crippen molar-refractivity contribution >= 4 is 29.4 Å². The summed E-state index contributed by atoms with van der Waals surface area (Å²) in [5.41, 5.74) is 6.27. The summed E-state index contributed by atoms with van der Waals surface area (Å²) in [6.07, 6.45) is 0.231. The van der Waals surface area contributed by atoms with Gasteiger partial charge in [-0.15, -0.1) is 11.8 Å². The Kier molecular flexibility index (Phi) is 4.84. The largest absolute Gasteiger partial charge is 0.478 e. The molecule has 0 aromatic heterocycles. The first kappa shape index (κ1) is 13.4. The molecular weight excluding hydrogens is 242 g/mol. The number of nitrogens with two attached hydrogens (primary N) is 1. The first-order valence-corrected chi connectivity index (χ1v) is 5.85. The van der Waals surface area contributed by atoms with Crippen LogP contribution in [0.2, 0.25) is 0 Å². The van der Waals surface area contributed by atoms with Gasteiger partial charge in [-0.25, -0.2) is 4.79 Å². The number of rotatable bonds is 5. The maximum Gasteiger partial charge on any atom is 0.336 e. The zero-order chi connectivity index (χ0) is 12.8. The topological polar surface area (TPSA) is 89.6 Å². The highest BCUT2D eigenvalue weighted by Gasteiger charge is 2.11. The summed E-state index contributed by atoms with van der Waals surface area (Å²) >= 11 is 1.27. The molecule has 1 aromatic rings. The monoisotopic (exact) mass is 255 g/mol. The number of carboxylic acid groups (broad SMARTS) is 1. The average Bonchev–Trinajstić information content (AvgIpc) is 2.28. The molecule has 92 valence electrons. The van der Waals surface area contributed by atoms with E-state index in [9.17, 15) is 9.59 Å². The first-order valence-electron chi connectivity index (χ1n) is 4.87. The number of carboxylic acids is 1. The van der Waals surface area contributed by atoms with E-state index in [0.29, 0.717) is 16.3 Å². The Bertz CT molecular complexity index is 433. The van der Waals surface area contributed by atoms with Gasteiger partial charge in [0.2, 0.25) is 0 Å². The molecule has 0 fully saturated rings. The Balaban J connectivity index is 2.72. The molecule has 6 heteroatoms. The van der Waals surface area contributed by atoms with Crippen LogP contribution in [0, 0.1) is 0 Å². The predicted molar refractivity (Wildman–Crippen MR) is 65.2 cm³/mol. The number of esters is 1. The molecule has 0 spiro atoms. The second-order valence-electron chi connectivity index (χ2n) is 3.24. The lowest BCUT2D eigenvalue weighted by molar-refractivity contribution is -0.140. The Morgan fingerprint density at radius 3 is 2.76 bits per heavy atom. The number of aromatic carboxylic acids is 1. The summed E-state index contributed by atoms with van der Waals surface area (Å²) in [5, 5.41) is 8.97. The van der Waals surface area contributed by atoms with Crippen molar-refractivity contribution in [3.8, 4) is 0 Å². The molecule has 0 atom stereocenters. The average molecular weight is 255 g/mol. The third-order valence-electron chi connectivity index (χ3n) is 2.03. The number of thioether (sulfide) groups is 1. The predicted octanol–water partition coefficient (Wildman–Crippen LogP) is 1.62. The van der Waals surface area contributed by atoms with Crippen LogP contribution in [0.25, 0.3) is 0 Å². The van der Waals surface area contributed by atoms with Gasteiger partial charge in [0, 0.05) is 16.3 Å². The Hall–Kier alpha value is -1.69. The van der Waals surface area contributed by atoms with Crippen LogP contribution in [0.3, 0.4) is 0 Å². The highest BCUT2D eigenvalue weighted by atomic mass is 32.2. The smallest absolute Gasteiger partial charge is 0.336 e. The second-order valence-corrected chi connectivity index (χ2v) is 4.37. The Morgan fingerprint density at radius 1 is 1.47 bits per heavy atom. The molecule has 1 aromatic carbocycles. The van der Waals surface area contributed by atoms with Crippen LogP contribution in [0.5, 0.6) is 0 Å². The van der Waals surface area contributed by atoms with E-state index in [0.717, 1.165) is 0 Å². The maximum atomic E-state index is 10.9. The minimum atomic E-state index is -1.01. The van der Waals surface area contributed by atoms with E-state index in [-0.39, 0.29) is 18.0 Å². The van der Waals surface area contributed by atoms with Gasteiger partial charge in [0.15, 0.2) is 0 Å². The minimum absolute atomic E-state index is 0.189. The van der Waals surface area contributed by atoms with E-state index < -0.39 is 5.97 Å². The molecule has 3 N–H and O–H groups in total. The summed E-state index contributed by atoms with van der Waals surface area (Å²) in [4.78, 5) is 22.4. The third kappa shape index (κ3) is 3.99. The van der Waals surface area contributed by atoms with Crippen LogP contribution in [0.15, 0.2) is 23.1 Å². The van der Waals surface area contributed by atoms with Gasteiger partial charge in [0.1, 0.15) is 0 Å². The summed E-state index contributed by atoms with van der Waals surface area (Å²) in [7, 11) is 1.32. The Morgan fingerprint density at radius 2 is 2.18 bits per heavy atom. The molecule has 1 rings (SSSR count). The van der Waals surface area contributed by atoms with Gasteiger partial charge in [0.25, 0.3) is 0 Å². The van der Waals surface area contributed by atoms with E-state index in [1.165, 1.54) is 31.0 Å². The highest BCUT2D eigenvalue weighted by molar-refractivity contribution is 7.99. The summed E-state index contributed by atoms with van der Waals surface area (Å²) in [6.45, 7) is 0. The fourth-order valence-corrected chi connectivity index (χ4v) is 2.20. The van der Waals surface area contributed by atoms with Crippen LogP contribution in [0.1, 0.15) is 16.8 Å². The molecule has 0 heterocycles. The van der Waals surface area contributed by atoms with Crippen molar-refractivity contribution in [2.24, 2.45) is 0 Å². The van der Waals surface area contributed by atoms with Crippen molar-refractivity contribution in [3.63, 3.8) is 0 Å². The maximum absolute atomic E-state index is 10.9. The van der Waals surface area contributed by atoms with Crippen LogP contribution in [-0.4, -0.2) is 29.9 Å². The molecule has 0 aliphatic rings. The van der Waals surface area contributed by atoms with E-state index in [2.05, 4.69) is 4.74 Å². The fourth-order valence-electron chi connectivity index (χ4n) is 1.18. The van der Waals surface area contributed by atoms with Gasteiger partial charge in [0.05, 0.1) is 19.1 Å². The molecule has 0 unspecified atom stereocenters. The molecule has 5 nitrogen and oxygen atoms in total. The van der Waals surface area contributed by atoms with Crippen molar-refractivity contribution in [2.75, 3.05) is 18.6 Å². The van der Waals surface area contributed by atoms with Crippen LogP contribution >= 0.6 is 11.8 Å². The van der Waals surface area contributed by atoms with Crippen molar-refractivity contribution in [2.45, 2.75) is 11.3 Å². The first-order chi connectivity index (χ1) is 8.04. The zero-order valence-electron chi connectivity index (χ0n) is 9.30. The SMILES string of the molecule is COC(=O)CCSc1cc(N)ccc1C(=O)O. The van der Waals surface area contributed by atoms with Crippen molar-refractivity contribution in [1.29, 1.82) is 0 Å². The number of carbonyl (C=O) groups excluding carboxylic acids is 1. The van der Waals surface area contributed by atoms with Crippen LogP contribution in [0.4, 0.5) is 5.69 Å². The molecule has 0 saturated heterocycles. The number of methoxy groups -OCH3 is 1. The van der Waals surface area contributed by atoms with E-state index in [4.69, 9.17) is 10.8 Å². The third-order valence-corrected chi connectivity index (χ3v) is 3.08. The Labute approximate surface area is 103 Å². The van der Waals surface area contributed by atoms with Gasteiger partial charge < -0.3 is 15.6 Å². The molecule has 0 radical (unpaired) electrons. The number of hydrogen-bond acceptors (Lipinski definition) is 5. The summed E-state index contributed by atoms with van der Waals surface area (Å²) in [6, 6.07) is 4.58. The van der Waals surface area contributed by atoms with Gasteiger partial charge in [-0.1, -0.05) is 0 Å².